The third kappa shape index (κ3) is 4.74. The molecule has 1 aliphatic heterocycles. The smallest absolute Gasteiger partial charge is 0.372 e. The number of benzene rings is 1. The van der Waals surface area contributed by atoms with Gasteiger partial charge < -0.3 is 19.5 Å². The Balaban J connectivity index is 1.84. The number of carboxylic acid groups (broad SMARTS) is 1. The molecule has 0 spiro atoms. The van der Waals surface area contributed by atoms with Crippen molar-refractivity contribution in [3.8, 4) is 6.01 Å². The van der Waals surface area contributed by atoms with Crippen molar-refractivity contribution in [3.05, 3.63) is 39.6 Å². The lowest BCUT2D eigenvalue weighted by Gasteiger charge is -2.28. The molecule has 1 aliphatic rings. The van der Waals surface area contributed by atoms with E-state index in [-0.39, 0.29) is 18.4 Å². The van der Waals surface area contributed by atoms with Crippen LogP contribution in [0.3, 0.4) is 0 Å². The Hall–Kier alpha value is -2.62. The van der Waals surface area contributed by atoms with Crippen molar-refractivity contribution in [3.63, 3.8) is 0 Å². The monoisotopic (exact) mass is 479 g/mol. The number of anilines is 1. The minimum absolute atomic E-state index is 0.138. The molecule has 0 radical (unpaired) electrons. The normalized spacial score (nSPS) is 14.2. The largest absolute Gasteiger partial charge is 0.475 e. The van der Waals surface area contributed by atoms with Crippen LogP contribution in [-0.4, -0.2) is 63.5 Å². The Labute approximate surface area is 194 Å². The van der Waals surface area contributed by atoms with E-state index in [1.54, 1.807) is 18.2 Å². The fourth-order valence-corrected chi connectivity index (χ4v) is 3.79. The summed E-state index contributed by atoms with van der Waals surface area (Å²) in [6, 6.07) is 5.35. The summed E-state index contributed by atoms with van der Waals surface area (Å²) in [5, 5.41) is 10.7. The molecule has 0 atom stereocenters. The summed E-state index contributed by atoms with van der Waals surface area (Å²) in [6.45, 7) is 5.06. The van der Waals surface area contributed by atoms with Crippen LogP contribution in [0.25, 0.3) is 11.2 Å². The molecule has 0 saturated carbocycles. The molecule has 0 bridgehead atoms. The van der Waals surface area contributed by atoms with Crippen LogP contribution in [0, 0.1) is 0 Å². The van der Waals surface area contributed by atoms with E-state index in [0.717, 1.165) is 18.4 Å². The lowest BCUT2D eigenvalue weighted by molar-refractivity contribution is 0.0679. The van der Waals surface area contributed by atoms with E-state index in [1.807, 2.05) is 4.90 Å². The summed E-state index contributed by atoms with van der Waals surface area (Å²) in [5.41, 5.74) is 1.56. The molecule has 3 heterocycles. The Kier molecular flexibility index (Phi) is 6.98. The zero-order chi connectivity index (χ0) is 22.7. The molecule has 1 aromatic carbocycles. The second kappa shape index (κ2) is 9.89. The van der Waals surface area contributed by atoms with E-state index < -0.39 is 5.97 Å². The van der Waals surface area contributed by atoms with Crippen LogP contribution in [0.2, 0.25) is 10.0 Å². The number of aromatic carboxylic acids is 1. The fourth-order valence-electron chi connectivity index (χ4n) is 3.47. The summed E-state index contributed by atoms with van der Waals surface area (Å²) >= 11 is 12.2. The standard InChI is InChI=1S/C21H23Cl2N5O4/c1-2-3-8-32-21-25-17(27-6-9-31-10-7-27)16-18(26-21)28(19(24-16)20(29)30)12-13-4-5-14(22)15(23)11-13/h4-5,11H,2-3,6-10,12H2,1H3,(H,29,30). The van der Waals surface area contributed by atoms with Gasteiger partial charge in [0.15, 0.2) is 17.0 Å². The van der Waals surface area contributed by atoms with Gasteiger partial charge in [-0.15, -0.1) is 0 Å². The first kappa shape index (κ1) is 22.6. The minimum atomic E-state index is -1.16. The van der Waals surface area contributed by atoms with E-state index in [4.69, 9.17) is 32.7 Å². The zero-order valence-electron chi connectivity index (χ0n) is 17.6. The van der Waals surface area contributed by atoms with Gasteiger partial charge in [0, 0.05) is 13.1 Å². The highest BCUT2D eigenvalue weighted by Crippen LogP contribution is 2.29. The summed E-state index contributed by atoms with van der Waals surface area (Å²) in [7, 11) is 0. The number of nitrogens with zero attached hydrogens (tertiary/aromatic N) is 5. The van der Waals surface area contributed by atoms with Crippen LogP contribution in [0.15, 0.2) is 18.2 Å². The number of rotatable bonds is 8. The molecule has 1 fully saturated rings. The van der Waals surface area contributed by atoms with Crippen molar-refractivity contribution in [2.75, 3.05) is 37.8 Å². The first-order valence-corrected chi connectivity index (χ1v) is 11.1. The molecule has 0 amide bonds. The van der Waals surface area contributed by atoms with Crippen molar-refractivity contribution >= 4 is 46.2 Å². The van der Waals surface area contributed by atoms with Gasteiger partial charge in [-0.05, 0) is 24.1 Å². The quantitative estimate of drug-likeness (QED) is 0.485. The van der Waals surface area contributed by atoms with Gasteiger partial charge in [-0.1, -0.05) is 42.6 Å². The molecule has 0 aliphatic carbocycles. The minimum Gasteiger partial charge on any atom is -0.475 e. The van der Waals surface area contributed by atoms with Crippen LogP contribution < -0.4 is 9.64 Å². The van der Waals surface area contributed by atoms with E-state index >= 15 is 0 Å². The van der Waals surface area contributed by atoms with Gasteiger partial charge in [0.2, 0.25) is 5.82 Å². The highest BCUT2D eigenvalue weighted by Gasteiger charge is 2.26. The molecule has 2 aromatic heterocycles. The highest BCUT2D eigenvalue weighted by atomic mass is 35.5. The van der Waals surface area contributed by atoms with Crippen molar-refractivity contribution in [2.45, 2.75) is 26.3 Å². The number of morpholine rings is 1. The number of carboxylic acids is 1. The average Bonchev–Trinajstić information content (AvgIpc) is 3.15. The van der Waals surface area contributed by atoms with Crippen molar-refractivity contribution in [1.82, 2.24) is 19.5 Å². The molecule has 4 rings (SSSR count). The summed E-state index contributed by atoms with van der Waals surface area (Å²) < 4.78 is 12.8. The molecule has 32 heavy (non-hydrogen) atoms. The maximum Gasteiger partial charge on any atom is 0.372 e. The second-order valence-corrected chi connectivity index (χ2v) is 8.19. The van der Waals surface area contributed by atoms with Crippen LogP contribution in [0.4, 0.5) is 5.82 Å². The number of ether oxygens (including phenoxy) is 2. The maximum absolute atomic E-state index is 12.0. The molecule has 0 unspecified atom stereocenters. The number of halogens is 2. The van der Waals surface area contributed by atoms with E-state index in [2.05, 4.69) is 21.9 Å². The zero-order valence-corrected chi connectivity index (χ0v) is 19.1. The Morgan fingerprint density at radius 2 is 1.97 bits per heavy atom. The topological polar surface area (TPSA) is 103 Å². The van der Waals surface area contributed by atoms with Crippen molar-refractivity contribution in [1.29, 1.82) is 0 Å². The van der Waals surface area contributed by atoms with Gasteiger partial charge in [-0.25, -0.2) is 9.78 Å². The fraction of sp³-hybridized carbons (Fsp3) is 0.429. The Morgan fingerprint density at radius 1 is 1.19 bits per heavy atom. The lowest BCUT2D eigenvalue weighted by Crippen LogP contribution is -2.37. The number of carbonyl (C=O) groups is 1. The van der Waals surface area contributed by atoms with Gasteiger partial charge in [0.1, 0.15) is 0 Å². The average molecular weight is 480 g/mol. The molecular formula is C21H23Cl2N5O4. The second-order valence-electron chi connectivity index (χ2n) is 7.38. The van der Waals surface area contributed by atoms with Crippen LogP contribution >= 0.6 is 23.2 Å². The number of aromatic nitrogens is 4. The van der Waals surface area contributed by atoms with Crippen molar-refractivity contribution in [2.24, 2.45) is 0 Å². The van der Waals surface area contributed by atoms with Crippen molar-refractivity contribution < 1.29 is 19.4 Å². The number of hydrogen-bond donors (Lipinski definition) is 1. The lowest BCUT2D eigenvalue weighted by atomic mass is 10.2. The molecule has 11 heteroatoms. The number of unbranched alkanes of at least 4 members (excludes halogenated alkanes) is 1. The highest BCUT2D eigenvalue weighted by molar-refractivity contribution is 6.42. The first-order chi connectivity index (χ1) is 15.5. The number of hydrogen-bond acceptors (Lipinski definition) is 7. The number of fused-ring (bicyclic) bond motifs is 1. The Bertz CT molecular complexity index is 1130. The predicted octanol–water partition coefficient (Wildman–Crippen LogP) is 3.90. The third-order valence-electron chi connectivity index (χ3n) is 5.11. The van der Waals surface area contributed by atoms with Crippen LogP contribution in [0.5, 0.6) is 6.01 Å². The molecule has 3 aromatic rings. The van der Waals surface area contributed by atoms with Crippen LogP contribution in [-0.2, 0) is 11.3 Å². The van der Waals surface area contributed by atoms with E-state index in [0.29, 0.717) is 59.9 Å². The van der Waals surface area contributed by atoms with Gasteiger partial charge in [-0.2, -0.15) is 9.97 Å². The van der Waals surface area contributed by atoms with Gasteiger partial charge >= 0.3 is 12.0 Å². The molecule has 1 N–H and O–H groups in total. The Morgan fingerprint density at radius 3 is 2.66 bits per heavy atom. The third-order valence-corrected chi connectivity index (χ3v) is 5.85. The van der Waals surface area contributed by atoms with Gasteiger partial charge in [-0.3, -0.25) is 4.57 Å². The molecule has 1 saturated heterocycles. The SMILES string of the molecule is CCCCOc1nc(N2CCOCC2)c2nc(C(=O)O)n(Cc3ccc(Cl)c(Cl)c3)c2n1. The summed E-state index contributed by atoms with van der Waals surface area (Å²) in [4.78, 5) is 27.6. The summed E-state index contributed by atoms with van der Waals surface area (Å²) in [6.07, 6.45) is 1.83. The molecule has 9 nitrogen and oxygen atoms in total. The number of imidazole rings is 1. The van der Waals surface area contributed by atoms with Crippen LogP contribution in [0.1, 0.15) is 35.9 Å². The van der Waals surface area contributed by atoms with E-state index in [1.165, 1.54) is 4.57 Å². The molecular weight excluding hydrogens is 457 g/mol. The first-order valence-electron chi connectivity index (χ1n) is 10.4. The van der Waals surface area contributed by atoms with Gasteiger partial charge in [0.25, 0.3) is 0 Å². The molecule has 170 valence electrons. The predicted molar refractivity (Wildman–Crippen MR) is 121 cm³/mol. The van der Waals surface area contributed by atoms with Gasteiger partial charge in [0.05, 0.1) is 36.4 Å². The maximum atomic E-state index is 12.0. The van der Waals surface area contributed by atoms with E-state index in [9.17, 15) is 9.90 Å². The summed E-state index contributed by atoms with van der Waals surface area (Å²) in [5.74, 6) is -0.759.